The predicted molar refractivity (Wildman–Crippen MR) is 71.0 cm³/mol. The number of hydrogen-bond donors (Lipinski definition) is 1. The Bertz CT molecular complexity index is 313. The van der Waals surface area contributed by atoms with Crippen LogP contribution >= 0.6 is 11.6 Å². The Morgan fingerprint density at radius 3 is 2.69 bits per heavy atom. The second kappa shape index (κ2) is 6.89. The smallest absolute Gasteiger partial charge is 0.0409 e. The summed E-state index contributed by atoms with van der Waals surface area (Å²) >= 11 is 6.01. The minimum atomic E-state index is 0.395. The van der Waals surface area contributed by atoms with Crippen molar-refractivity contribution in [2.75, 3.05) is 27.2 Å². The van der Waals surface area contributed by atoms with Gasteiger partial charge < -0.3 is 10.2 Å². The molecule has 16 heavy (non-hydrogen) atoms. The third-order valence-corrected chi connectivity index (χ3v) is 2.80. The lowest BCUT2D eigenvalue weighted by Gasteiger charge is -2.20. The Kier molecular flexibility index (Phi) is 5.81. The molecule has 0 saturated heterocycles. The van der Waals surface area contributed by atoms with E-state index in [1.165, 1.54) is 5.56 Å². The van der Waals surface area contributed by atoms with Crippen molar-refractivity contribution in [1.29, 1.82) is 0 Å². The van der Waals surface area contributed by atoms with Gasteiger partial charge in [-0.05, 0) is 51.3 Å². The van der Waals surface area contributed by atoms with Gasteiger partial charge in [0.2, 0.25) is 0 Å². The van der Waals surface area contributed by atoms with Crippen LogP contribution < -0.4 is 5.32 Å². The molecule has 0 bridgehead atoms. The number of halogens is 1. The van der Waals surface area contributed by atoms with Crippen molar-refractivity contribution >= 4 is 11.6 Å². The maximum absolute atomic E-state index is 6.01. The van der Waals surface area contributed by atoms with Gasteiger partial charge in [-0.1, -0.05) is 30.7 Å². The molecule has 0 radical (unpaired) electrons. The van der Waals surface area contributed by atoms with E-state index in [0.717, 1.165) is 24.5 Å². The van der Waals surface area contributed by atoms with E-state index in [1.54, 1.807) is 0 Å². The lowest BCUT2D eigenvalue weighted by Crippen LogP contribution is -2.25. The van der Waals surface area contributed by atoms with E-state index in [4.69, 9.17) is 11.6 Å². The quantitative estimate of drug-likeness (QED) is 0.823. The molecule has 1 rings (SSSR count). The van der Waals surface area contributed by atoms with Crippen LogP contribution in [-0.4, -0.2) is 32.1 Å². The van der Waals surface area contributed by atoms with E-state index >= 15 is 0 Å². The Morgan fingerprint density at radius 1 is 1.38 bits per heavy atom. The molecule has 0 amide bonds. The van der Waals surface area contributed by atoms with Gasteiger partial charge in [0.15, 0.2) is 0 Å². The van der Waals surface area contributed by atoms with Crippen LogP contribution in [0, 0.1) is 0 Å². The minimum Gasteiger partial charge on any atom is -0.310 e. The molecule has 3 heteroatoms. The fourth-order valence-corrected chi connectivity index (χ4v) is 1.94. The van der Waals surface area contributed by atoms with Gasteiger partial charge in [0, 0.05) is 11.1 Å². The normalized spacial score (nSPS) is 13.1. The fourth-order valence-electron chi connectivity index (χ4n) is 1.74. The first kappa shape index (κ1) is 13.5. The Labute approximate surface area is 104 Å². The molecule has 0 aliphatic carbocycles. The Hall–Kier alpha value is -0.570. The molecule has 0 aliphatic rings. The first-order chi connectivity index (χ1) is 7.63. The van der Waals surface area contributed by atoms with Gasteiger partial charge in [-0.3, -0.25) is 0 Å². The van der Waals surface area contributed by atoms with E-state index in [9.17, 15) is 0 Å². The first-order valence-corrected chi connectivity index (χ1v) is 6.15. The van der Waals surface area contributed by atoms with Gasteiger partial charge in [0.25, 0.3) is 0 Å². The summed E-state index contributed by atoms with van der Waals surface area (Å²) in [5.41, 5.74) is 1.27. The molecule has 1 unspecified atom stereocenters. The van der Waals surface area contributed by atoms with Gasteiger partial charge in [-0.15, -0.1) is 0 Å². The molecule has 1 aromatic rings. The summed E-state index contributed by atoms with van der Waals surface area (Å²) in [6.07, 6.45) is 1.10. The van der Waals surface area contributed by atoms with E-state index in [-0.39, 0.29) is 0 Å². The minimum absolute atomic E-state index is 0.395. The molecule has 0 aromatic heterocycles. The lowest BCUT2D eigenvalue weighted by molar-refractivity contribution is 0.363. The number of hydrogen-bond acceptors (Lipinski definition) is 2. The molecule has 0 saturated carbocycles. The van der Waals surface area contributed by atoms with Crippen molar-refractivity contribution in [3.05, 3.63) is 34.9 Å². The number of nitrogens with zero attached hydrogens (tertiary/aromatic N) is 1. The van der Waals surface area contributed by atoms with Crippen molar-refractivity contribution in [3.8, 4) is 0 Å². The van der Waals surface area contributed by atoms with Crippen molar-refractivity contribution in [3.63, 3.8) is 0 Å². The maximum atomic E-state index is 6.01. The average molecular weight is 241 g/mol. The van der Waals surface area contributed by atoms with Gasteiger partial charge in [-0.25, -0.2) is 0 Å². The molecule has 1 atom stereocenters. The number of rotatable bonds is 6. The molecule has 0 heterocycles. The summed E-state index contributed by atoms with van der Waals surface area (Å²) in [4.78, 5) is 2.20. The van der Waals surface area contributed by atoms with Gasteiger partial charge in [0.1, 0.15) is 0 Å². The fraction of sp³-hybridized carbons (Fsp3) is 0.538. The van der Waals surface area contributed by atoms with Crippen LogP contribution in [0.15, 0.2) is 24.3 Å². The van der Waals surface area contributed by atoms with Crippen molar-refractivity contribution in [2.24, 2.45) is 0 Å². The molecular weight excluding hydrogens is 220 g/mol. The number of nitrogens with one attached hydrogen (secondary N) is 1. The Morgan fingerprint density at radius 2 is 2.12 bits per heavy atom. The SMILES string of the molecule is CCNC(CCN(C)C)c1cccc(Cl)c1. The van der Waals surface area contributed by atoms with E-state index in [2.05, 4.69) is 37.3 Å². The highest BCUT2D eigenvalue weighted by atomic mass is 35.5. The van der Waals surface area contributed by atoms with Crippen LogP contribution in [0.2, 0.25) is 5.02 Å². The third-order valence-electron chi connectivity index (χ3n) is 2.57. The van der Waals surface area contributed by atoms with E-state index in [0.29, 0.717) is 6.04 Å². The number of benzene rings is 1. The van der Waals surface area contributed by atoms with Gasteiger partial charge >= 0.3 is 0 Å². The zero-order valence-electron chi connectivity index (χ0n) is 10.3. The van der Waals surface area contributed by atoms with Crippen LogP contribution in [0.5, 0.6) is 0 Å². The zero-order valence-corrected chi connectivity index (χ0v) is 11.1. The molecular formula is C13H21ClN2. The molecule has 90 valence electrons. The van der Waals surface area contributed by atoms with Crippen LogP contribution in [-0.2, 0) is 0 Å². The maximum Gasteiger partial charge on any atom is 0.0409 e. The van der Waals surface area contributed by atoms with Crippen LogP contribution in [0.4, 0.5) is 0 Å². The standard InChI is InChI=1S/C13H21ClN2/c1-4-15-13(8-9-16(2)3)11-6-5-7-12(14)10-11/h5-7,10,13,15H,4,8-9H2,1-3H3. The monoisotopic (exact) mass is 240 g/mol. The van der Waals surface area contributed by atoms with E-state index in [1.807, 2.05) is 18.2 Å². The average Bonchev–Trinajstić information content (AvgIpc) is 2.24. The molecule has 1 N–H and O–H groups in total. The second-order valence-electron chi connectivity index (χ2n) is 4.26. The lowest BCUT2D eigenvalue weighted by atomic mass is 10.0. The summed E-state index contributed by atoms with van der Waals surface area (Å²) in [6, 6.07) is 8.50. The summed E-state index contributed by atoms with van der Waals surface area (Å²) in [5.74, 6) is 0. The summed E-state index contributed by atoms with van der Waals surface area (Å²) in [5, 5.41) is 4.31. The van der Waals surface area contributed by atoms with Crippen molar-refractivity contribution in [1.82, 2.24) is 10.2 Å². The van der Waals surface area contributed by atoms with Gasteiger partial charge in [-0.2, -0.15) is 0 Å². The topological polar surface area (TPSA) is 15.3 Å². The molecule has 1 aromatic carbocycles. The molecule has 0 aliphatic heterocycles. The third kappa shape index (κ3) is 4.52. The summed E-state index contributed by atoms with van der Waals surface area (Å²) in [7, 11) is 4.20. The van der Waals surface area contributed by atoms with Crippen molar-refractivity contribution < 1.29 is 0 Å². The highest BCUT2D eigenvalue weighted by molar-refractivity contribution is 6.30. The molecule has 0 spiro atoms. The summed E-state index contributed by atoms with van der Waals surface area (Å²) < 4.78 is 0. The zero-order chi connectivity index (χ0) is 12.0. The van der Waals surface area contributed by atoms with Crippen LogP contribution in [0.3, 0.4) is 0 Å². The van der Waals surface area contributed by atoms with Gasteiger partial charge in [0.05, 0.1) is 0 Å². The predicted octanol–water partition coefficient (Wildman–Crippen LogP) is 2.94. The second-order valence-corrected chi connectivity index (χ2v) is 4.69. The van der Waals surface area contributed by atoms with Crippen molar-refractivity contribution in [2.45, 2.75) is 19.4 Å². The first-order valence-electron chi connectivity index (χ1n) is 5.77. The van der Waals surface area contributed by atoms with Crippen LogP contribution in [0.1, 0.15) is 24.9 Å². The van der Waals surface area contributed by atoms with Crippen LogP contribution in [0.25, 0.3) is 0 Å². The Balaban J connectivity index is 2.68. The van der Waals surface area contributed by atoms with E-state index < -0.39 is 0 Å². The summed E-state index contributed by atoms with van der Waals surface area (Å²) in [6.45, 7) is 4.18. The highest BCUT2D eigenvalue weighted by Gasteiger charge is 2.10. The molecule has 0 fully saturated rings. The highest BCUT2D eigenvalue weighted by Crippen LogP contribution is 2.20. The molecule has 2 nitrogen and oxygen atoms in total. The largest absolute Gasteiger partial charge is 0.310 e.